The van der Waals surface area contributed by atoms with Gasteiger partial charge in [-0.3, -0.25) is 0 Å². The van der Waals surface area contributed by atoms with Gasteiger partial charge in [0.1, 0.15) is 17.4 Å². The van der Waals surface area contributed by atoms with E-state index in [1.54, 1.807) is 40.0 Å². The number of ether oxygens (including phenoxy) is 2. The highest BCUT2D eigenvalue weighted by molar-refractivity contribution is 5.92. The molecule has 2 aromatic rings. The maximum Gasteiger partial charge on any atom is 0.410 e. The molecule has 0 saturated heterocycles. The first-order valence-electron chi connectivity index (χ1n) is 11.6. The Bertz CT molecular complexity index is 1410. The van der Waals surface area contributed by atoms with Crippen LogP contribution in [0, 0.1) is 45.3 Å². The molecule has 0 bridgehead atoms. The van der Waals surface area contributed by atoms with Crippen molar-refractivity contribution in [2.75, 3.05) is 20.2 Å². The highest BCUT2D eigenvalue weighted by Crippen LogP contribution is 2.55. The average molecular weight is 482 g/mol. The molecule has 2 aliphatic rings. The minimum absolute atomic E-state index is 0.0619. The maximum atomic E-state index is 13.0. The Morgan fingerprint density at radius 3 is 2.36 bits per heavy atom. The van der Waals surface area contributed by atoms with E-state index in [0.717, 1.165) is 16.3 Å². The monoisotopic (exact) mass is 481 g/mol. The van der Waals surface area contributed by atoms with Gasteiger partial charge in [0, 0.05) is 30.3 Å². The fourth-order valence-corrected chi connectivity index (χ4v) is 5.24. The van der Waals surface area contributed by atoms with E-state index in [4.69, 9.17) is 15.2 Å². The van der Waals surface area contributed by atoms with Crippen molar-refractivity contribution in [3.05, 3.63) is 64.9 Å². The Balaban J connectivity index is 1.98. The van der Waals surface area contributed by atoms with Gasteiger partial charge in [0.2, 0.25) is 0 Å². The quantitative estimate of drug-likeness (QED) is 0.666. The van der Waals surface area contributed by atoms with E-state index in [2.05, 4.69) is 18.2 Å². The first-order chi connectivity index (χ1) is 17.1. The van der Waals surface area contributed by atoms with Crippen LogP contribution in [-0.2, 0) is 4.74 Å². The minimum Gasteiger partial charge on any atom is -0.496 e. The first-order valence-corrected chi connectivity index (χ1v) is 11.6. The number of amides is 1. The molecule has 0 aromatic heterocycles. The lowest BCUT2D eigenvalue weighted by Gasteiger charge is -2.45. The summed E-state index contributed by atoms with van der Waals surface area (Å²) in [4.78, 5) is 14.5. The Labute approximate surface area is 210 Å². The number of allylic oxidation sites excluding steroid dienone is 2. The summed E-state index contributed by atoms with van der Waals surface area (Å²) in [7, 11) is 1.58. The molecule has 0 spiro atoms. The average Bonchev–Trinajstić information content (AvgIpc) is 2.86. The molecule has 1 heterocycles. The number of carbonyl (C=O) groups excluding carboxylic acids is 1. The Morgan fingerprint density at radius 2 is 1.78 bits per heavy atom. The highest BCUT2D eigenvalue weighted by Gasteiger charge is 2.55. The Hall–Kier alpha value is -4.48. The second-order valence-electron chi connectivity index (χ2n) is 9.96. The lowest BCUT2D eigenvalue weighted by Crippen LogP contribution is -2.50. The number of methoxy groups -OCH3 is 1. The molecule has 0 fully saturated rings. The first kappa shape index (κ1) is 24.6. The predicted molar refractivity (Wildman–Crippen MR) is 133 cm³/mol. The van der Waals surface area contributed by atoms with Gasteiger partial charge in [0.05, 0.1) is 30.5 Å². The lowest BCUT2D eigenvalue weighted by molar-refractivity contribution is 0.0225. The molecule has 0 saturated carbocycles. The molecule has 182 valence electrons. The van der Waals surface area contributed by atoms with Crippen LogP contribution in [0.2, 0.25) is 0 Å². The number of hydrogen-bond acceptors (Lipinski definition) is 7. The number of hydrogen-bond donors (Lipinski definition) is 1. The molecule has 0 radical (unpaired) electrons. The van der Waals surface area contributed by atoms with E-state index in [1.165, 1.54) is 4.90 Å². The number of nitrogens with zero attached hydrogens (tertiary/aromatic N) is 4. The van der Waals surface area contributed by atoms with Crippen molar-refractivity contribution in [1.82, 2.24) is 4.90 Å². The maximum absolute atomic E-state index is 13.0. The van der Waals surface area contributed by atoms with Crippen LogP contribution < -0.4 is 10.5 Å². The number of rotatable bonds is 2. The molecule has 2 aromatic carbocycles. The topological polar surface area (TPSA) is 136 Å². The van der Waals surface area contributed by atoms with Gasteiger partial charge in [-0.15, -0.1) is 0 Å². The Morgan fingerprint density at radius 1 is 1.11 bits per heavy atom. The second-order valence-corrected chi connectivity index (χ2v) is 9.96. The van der Waals surface area contributed by atoms with Crippen molar-refractivity contribution in [2.45, 2.75) is 32.3 Å². The number of nitrogens with two attached hydrogens (primary N) is 1. The zero-order chi connectivity index (χ0) is 26.3. The van der Waals surface area contributed by atoms with Gasteiger partial charge in [0.15, 0.2) is 5.41 Å². The summed E-state index contributed by atoms with van der Waals surface area (Å²) in [5, 5.41) is 32.4. The van der Waals surface area contributed by atoms with Crippen LogP contribution in [0.25, 0.3) is 10.8 Å². The zero-order valence-corrected chi connectivity index (χ0v) is 20.7. The summed E-state index contributed by atoms with van der Waals surface area (Å²) in [5.74, 6) is -0.637. The van der Waals surface area contributed by atoms with Gasteiger partial charge in [0.25, 0.3) is 0 Å². The van der Waals surface area contributed by atoms with Gasteiger partial charge in [-0.05, 0) is 43.4 Å². The summed E-state index contributed by atoms with van der Waals surface area (Å²) in [6, 6.07) is 17.6. The molecule has 2 atom stereocenters. The van der Waals surface area contributed by atoms with Crippen molar-refractivity contribution in [3.63, 3.8) is 0 Å². The smallest absolute Gasteiger partial charge is 0.410 e. The van der Waals surface area contributed by atoms with Crippen LogP contribution in [0.1, 0.15) is 32.3 Å². The van der Waals surface area contributed by atoms with Crippen molar-refractivity contribution >= 4 is 16.9 Å². The van der Waals surface area contributed by atoms with Crippen LogP contribution in [0.3, 0.4) is 0 Å². The fraction of sp³-hybridized carbons (Fsp3) is 0.357. The van der Waals surface area contributed by atoms with E-state index in [9.17, 15) is 20.6 Å². The third kappa shape index (κ3) is 3.80. The van der Waals surface area contributed by atoms with E-state index in [-0.39, 0.29) is 24.4 Å². The normalized spacial score (nSPS) is 20.9. The summed E-state index contributed by atoms with van der Waals surface area (Å²) in [6.07, 6.45) is 1.28. The van der Waals surface area contributed by atoms with Gasteiger partial charge >= 0.3 is 6.09 Å². The van der Waals surface area contributed by atoms with Gasteiger partial charge in [-0.2, -0.15) is 15.8 Å². The van der Waals surface area contributed by atoms with E-state index in [0.29, 0.717) is 11.3 Å². The molecule has 2 unspecified atom stereocenters. The third-order valence-corrected chi connectivity index (χ3v) is 6.79. The van der Waals surface area contributed by atoms with Gasteiger partial charge < -0.3 is 20.1 Å². The number of benzene rings is 2. The van der Waals surface area contributed by atoms with Crippen molar-refractivity contribution in [3.8, 4) is 24.0 Å². The number of carbonyl (C=O) groups is 1. The molecule has 8 nitrogen and oxygen atoms in total. The van der Waals surface area contributed by atoms with Crippen molar-refractivity contribution < 1.29 is 14.3 Å². The Kier molecular flexibility index (Phi) is 6.12. The van der Waals surface area contributed by atoms with Crippen LogP contribution in [0.4, 0.5) is 4.79 Å². The predicted octanol–water partition coefficient (Wildman–Crippen LogP) is 4.51. The zero-order valence-electron chi connectivity index (χ0n) is 20.7. The van der Waals surface area contributed by atoms with Gasteiger partial charge in [-0.1, -0.05) is 36.4 Å². The van der Waals surface area contributed by atoms with Crippen molar-refractivity contribution in [2.24, 2.45) is 17.1 Å². The standard InChI is InChI=1S/C28H27N5O3/c1-27(2,3)36-26(34)33-12-11-18-21(13-29)25(32)28(15-30,16-31)24(22(18)14-33)20-9-10-23(35-4)19-8-6-5-7-17(19)20/h5-11,22,24H,12,14,32H2,1-4H3. The minimum atomic E-state index is -1.82. The summed E-state index contributed by atoms with van der Waals surface area (Å²) < 4.78 is 11.1. The SMILES string of the molecule is COc1ccc(C2C3CN(C(=O)OC(C)(C)C)CC=C3C(C#N)=C(N)C2(C#N)C#N)c2ccccc12. The highest BCUT2D eigenvalue weighted by atomic mass is 16.6. The summed E-state index contributed by atoms with van der Waals surface area (Å²) in [5.41, 5.74) is 5.36. The van der Waals surface area contributed by atoms with Crippen molar-refractivity contribution in [1.29, 1.82) is 15.8 Å². The second kappa shape index (κ2) is 8.95. The molecule has 1 aliphatic carbocycles. The summed E-state index contributed by atoms with van der Waals surface area (Å²) >= 11 is 0. The van der Waals surface area contributed by atoms with Crippen LogP contribution in [0.5, 0.6) is 5.75 Å². The largest absolute Gasteiger partial charge is 0.496 e. The fourth-order valence-electron chi connectivity index (χ4n) is 5.24. The molecular formula is C28H27N5O3. The molecule has 2 N–H and O–H groups in total. The van der Waals surface area contributed by atoms with E-state index >= 15 is 0 Å². The molecule has 4 rings (SSSR count). The lowest BCUT2D eigenvalue weighted by atomic mass is 9.57. The van der Waals surface area contributed by atoms with Crippen LogP contribution in [-0.4, -0.2) is 36.8 Å². The van der Waals surface area contributed by atoms with Crippen LogP contribution in [0.15, 0.2) is 59.3 Å². The molecular weight excluding hydrogens is 454 g/mol. The summed E-state index contributed by atoms with van der Waals surface area (Å²) in [6.45, 7) is 5.75. The van der Waals surface area contributed by atoms with Crippen LogP contribution >= 0.6 is 0 Å². The van der Waals surface area contributed by atoms with E-state index < -0.39 is 28.9 Å². The molecule has 1 aliphatic heterocycles. The number of nitriles is 3. The molecule has 8 heteroatoms. The number of fused-ring (bicyclic) bond motifs is 2. The molecule has 1 amide bonds. The van der Waals surface area contributed by atoms with E-state index in [1.807, 2.05) is 30.3 Å². The van der Waals surface area contributed by atoms with Gasteiger partial charge in [-0.25, -0.2) is 4.79 Å². The molecule has 36 heavy (non-hydrogen) atoms. The third-order valence-electron chi connectivity index (χ3n) is 6.79.